The summed E-state index contributed by atoms with van der Waals surface area (Å²) in [5.74, 6) is 1.81. The summed E-state index contributed by atoms with van der Waals surface area (Å²) in [6.45, 7) is 2.13. The van der Waals surface area contributed by atoms with Crippen molar-refractivity contribution in [2.45, 2.75) is 37.0 Å². The maximum absolute atomic E-state index is 13.1. The maximum atomic E-state index is 13.1. The summed E-state index contributed by atoms with van der Waals surface area (Å²) >= 11 is 1.82. The van der Waals surface area contributed by atoms with Crippen LogP contribution in [0, 0.1) is 0 Å². The average molecular weight is 505 g/mol. The molecule has 1 fully saturated rings. The Kier molecular flexibility index (Phi) is 6.04. The van der Waals surface area contributed by atoms with Gasteiger partial charge in [-0.2, -0.15) is 4.31 Å². The molecule has 0 saturated carbocycles. The van der Waals surface area contributed by atoms with Gasteiger partial charge >= 0.3 is 0 Å². The van der Waals surface area contributed by atoms with Gasteiger partial charge < -0.3 is 4.90 Å². The number of aromatic nitrogens is 2. The third-order valence-corrected chi connectivity index (χ3v) is 10.1. The number of piperazine rings is 1. The van der Waals surface area contributed by atoms with E-state index < -0.39 is 10.0 Å². The number of sulfonamides is 1. The Labute approximate surface area is 210 Å². The number of thiophene rings is 1. The van der Waals surface area contributed by atoms with Gasteiger partial charge in [0.25, 0.3) is 0 Å². The Hall–Kier alpha value is -2.81. The van der Waals surface area contributed by atoms with Crippen molar-refractivity contribution < 1.29 is 8.42 Å². The minimum absolute atomic E-state index is 0.356. The SMILES string of the molecule is O=S(=O)(c1ccccc1)N1CCN(c2nc(Cc3ccccc3)nc3sc4c(c23)CCCC4)CC1. The lowest BCUT2D eigenvalue weighted by molar-refractivity contribution is 0.384. The molecular weight excluding hydrogens is 476 g/mol. The topological polar surface area (TPSA) is 66.4 Å². The Morgan fingerprint density at radius 2 is 1.51 bits per heavy atom. The van der Waals surface area contributed by atoms with Crippen LogP contribution >= 0.6 is 11.3 Å². The van der Waals surface area contributed by atoms with Gasteiger partial charge in [0.15, 0.2) is 0 Å². The molecule has 0 unspecified atom stereocenters. The van der Waals surface area contributed by atoms with Crippen LogP contribution in [0.1, 0.15) is 34.7 Å². The summed E-state index contributed by atoms with van der Waals surface area (Å²) in [7, 11) is -3.49. The monoisotopic (exact) mass is 504 g/mol. The van der Waals surface area contributed by atoms with E-state index in [1.807, 2.05) is 35.6 Å². The van der Waals surface area contributed by atoms with E-state index in [-0.39, 0.29) is 0 Å². The highest BCUT2D eigenvalue weighted by atomic mass is 32.2. The van der Waals surface area contributed by atoms with Crippen molar-refractivity contribution in [2.75, 3.05) is 31.1 Å². The molecule has 2 aliphatic rings. The summed E-state index contributed by atoms with van der Waals surface area (Å²) in [6, 6.07) is 19.1. The zero-order valence-corrected chi connectivity index (χ0v) is 21.2. The molecule has 6 nitrogen and oxygen atoms in total. The molecule has 2 aromatic heterocycles. The van der Waals surface area contributed by atoms with Gasteiger partial charge in [-0.05, 0) is 48.9 Å². The minimum Gasteiger partial charge on any atom is -0.353 e. The summed E-state index contributed by atoms with van der Waals surface area (Å²) in [6.07, 6.45) is 5.32. The standard InChI is InChI=1S/C27H28N4O2S2/c32-35(33,21-11-5-2-6-12-21)31-17-15-30(16-18-31)26-25-22-13-7-8-14-23(22)34-27(25)29-24(28-26)19-20-9-3-1-4-10-20/h1-6,9-12H,7-8,13-19H2. The van der Waals surface area contributed by atoms with Crippen molar-refractivity contribution >= 4 is 37.4 Å². The first-order valence-electron chi connectivity index (χ1n) is 12.2. The summed E-state index contributed by atoms with van der Waals surface area (Å²) in [5, 5.41) is 1.20. The molecule has 0 amide bonds. The Balaban J connectivity index is 1.33. The summed E-state index contributed by atoms with van der Waals surface area (Å²) in [5.41, 5.74) is 2.61. The number of anilines is 1. The van der Waals surface area contributed by atoms with Crippen molar-refractivity contribution in [2.24, 2.45) is 0 Å². The van der Waals surface area contributed by atoms with Gasteiger partial charge in [0.1, 0.15) is 16.5 Å². The Bertz CT molecular complexity index is 1450. The normalized spacial score (nSPS) is 17.0. The largest absolute Gasteiger partial charge is 0.353 e. The lowest BCUT2D eigenvalue weighted by atomic mass is 9.97. The van der Waals surface area contributed by atoms with Crippen LogP contribution in [-0.2, 0) is 29.3 Å². The van der Waals surface area contributed by atoms with Gasteiger partial charge in [0.05, 0.1) is 10.3 Å². The van der Waals surface area contributed by atoms with E-state index in [1.54, 1.807) is 28.6 Å². The number of fused-ring (bicyclic) bond motifs is 3. The highest BCUT2D eigenvalue weighted by molar-refractivity contribution is 7.89. The molecule has 2 aromatic carbocycles. The fourth-order valence-electron chi connectivity index (χ4n) is 5.15. The van der Waals surface area contributed by atoms with Crippen LogP contribution in [0.15, 0.2) is 65.6 Å². The van der Waals surface area contributed by atoms with Crippen LogP contribution in [0.4, 0.5) is 5.82 Å². The first-order chi connectivity index (χ1) is 17.1. The van der Waals surface area contributed by atoms with Gasteiger partial charge in [-0.1, -0.05) is 48.5 Å². The molecule has 0 bridgehead atoms. The van der Waals surface area contributed by atoms with Crippen LogP contribution in [0.25, 0.3) is 10.2 Å². The van der Waals surface area contributed by atoms with E-state index in [9.17, 15) is 8.42 Å². The fraction of sp³-hybridized carbons (Fsp3) is 0.333. The third kappa shape index (κ3) is 4.35. The van der Waals surface area contributed by atoms with Gasteiger partial charge in [-0.25, -0.2) is 18.4 Å². The van der Waals surface area contributed by atoms with Gasteiger partial charge in [0.2, 0.25) is 10.0 Å². The molecule has 1 aliphatic heterocycles. The lowest BCUT2D eigenvalue weighted by Crippen LogP contribution is -2.49. The minimum atomic E-state index is -3.49. The first-order valence-corrected chi connectivity index (χ1v) is 14.5. The van der Waals surface area contributed by atoms with Crippen LogP contribution in [-0.4, -0.2) is 48.9 Å². The number of nitrogens with zero attached hydrogens (tertiary/aromatic N) is 4. The molecule has 0 radical (unpaired) electrons. The van der Waals surface area contributed by atoms with E-state index >= 15 is 0 Å². The molecule has 35 heavy (non-hydrogen) atoms. The summed E-state index contributed by atoms with van der Waals surface area (Å²) in [4.78, 5) is 15.3. The van der Waals surface area contributed by atoms with Crippen molar-refractivity contribution in [1.29, 1.82) is 0 Å². The quantitative estimate of drug-likeness (QED) is 0.395. The van der Waals surface area contributed by atoms with Gasteiger partial charge in [-0.3, -0.25) is 0 Å². The van der Waals surface area contributed by atoms with Crippen LogP contribution in [0.3, 0.4) is 0 Å². The molecule has 0 spiro atoms. The zero-order valence-electron chi connectivity index (χ0n) is 19.6. The summed E-state index contributed by atoms with van der Waals surface area (Å²) < 4.78 is 27.9. The second-order valence-corrected chi connectivity index (χ2v) is 12.2. The maximum Gasteiger partial charge on any atom is 0.243 e. The number of rotatable bonds is 5. The third-order valence-electron chi connectivity index (χ3n) is 6.97. The van der Waals surface area contributed by atoms with E-state index in [1.165, 1.54) is 34.2 Å². The number of hydrogen-bond acceptors (Lipinski definition) is 6. The highest BCUT2D eigenvalue weighted by Crippen LogP contribution is 2.40. The van der Waals surface area contributed by atoms with Crippen LogP contribution in [0.2, 0.25) is 0 Å². The Morgan fingerprint density at radius 1 is 0.829 bits per heavy atom. The predicted molar refractivity (Wildman–Crippen MR) is 141 cm³/mol. The predicted octanol–water partition coefficient (Wildman–Crippen LogP) is 4.67. The lowest BCUT2D eigenvalue weighted by Gasteiger charge is -2.35. The van der Waals surface area contributed by atoms with Crippen molar-refractivity contribution in [3.05, 3.63) is 82.5 Å². The van der Waals surface area contributed by atoms with Crippen molar-refractivity contribution in [3.63, 3.8) is 0 Å². The zero-order chi connectivity index (χ0) is 23.8. The first kappa shape index (κ1) is 22.6. The number of benzene rings is 2. The van der Waals surface area contributed by atoms with E-state index in [2.05, 4.69) is 17.0 Å². The second-order valence-electron chi connectivity index (χ2n) is 9.22. The molecule has 8 heteroatoms. The molecule has 3 heterocycles. The molecule has 0 N–H and O–H groups in total. The molecule has 1 saturated heterocycles. The fourth-order valence-corrected chi connectivity index (χ4v) is 7.87. The van der Waals surface area contributed by atoms with Crippen molar-refractivity contribution in [1.82, 2.24) is 14.3 Å². The van der Waals surface area contributed by atoms with E-state index in [0.717, 1.165) is 29.3 Å². The number of hydrogen-bond donors (Lipinski definition) is 0. The van der Waals surface area contributed by atoms with E-state index in [0.29, 0.717) is 37.5 Å². The molecule has 0 atom stereocenters. The molecular formula is C27H28N4O2S2. The van der Waals surface area contributed by atoms with Gasteiger partial charge in [-0.15, -0.1) is 11.3 Å². The highest BCUT2D eigenvalue weighted by Gasteiger charge is 2.31. The van der Waals surface area contributed by atoms with Crippen LogP contribution < -0.4 is 4.90 Å². The molecule has 1 aliphatic carbocycles. The molecule has 180 valence electrons. The van der Waals surface area contributed by atoms with Crippen LogP contribution in [0.5, 0.6) is 0 Å². The average Bonchev–Trinajstić information content (AvgIpc) is 3.28. The smallest absolute Gasteiger partial charge is 0.243 e. The van der Waals surface area contributed by atoms with E-state index in [4.69, 9.17) is 9.97 Å². The molecule has 4 aromatic rings. The molecule has 6 rings (SSSR count). The second kappa shape index (κ2) is 9.33. The van der Waals surface area contributed by atoms with Crippen molar-refractivity contribution in [3.8, 4) is 0 Å². The number of aryl methyl sites for hydroxylation is 2. The Morgan fingerprint density at radius 3 is 2.26 bits per heavy atom. The van der Waals surface area contributed by atoms with Gasteiger partial charge in [0, 0.05) is 37.5 Å².